The highest BCUT2D eigenvalue weighted by atomic mass is 16.6. The van der Waals surface area contributed by atoms with E-state index in [9.17, 15) is 4.79 Å². The average Bonchev–Trinajstić information content (AvgIpc) is 2.25. The van der Waals surface area contributed by atoms with Gasteiger partial charge in [-0.1, -0.05) is 13.8 Å². The Morgan fingerprint density at radius 3 is 2.74 bits per heavy atom. The maximum absolute atomic E-state index is 12.1. The van der Waals surface area contributed by atoms with Gasteiger partial charge in [0.2, 0.25) is 0 Å². The average molecular weight is 262 g/mol. The summed E-state index contributed by atoms with van der Waals surface area (Å²) in [5.74, 6) is 1.47. The first-order valence-corrected chi connectivity index (χ1v) is 7.14. The molecule has 0 N–H and O–H groups in total. The zero-order chi connectivity index (χ0) is 13.8. The summed E-state index contributed by atoms with van der Waals surface area (Å²) >= 11 is 0. The van der Waals surface area contributed by atoms with E-state index in [0.717, 1.165) is 18.4 Å². The van der Waals surface area contributed by atoms with E-state index < -0.39 is 0 Å². The van der Waals surface area contributed by atoms with Crippen LogP contribution in [0.2, 0.25) is 0 Å². The van der Waals surface area contributed by atoms with E-state index in [4.69, 9.17) is 9.15 Å². The van der Waals surface area contributed by atoms with Gasteiger partial charge in [0.25, 0.3) is 5.95 Å². The Morgan fingerprint density at radius 1 is 1.26 bits per heavy atom. The summed E-state index contributed by atoms with van der Waals surface area (Å²) in [5, 5.41) is 0. The normalized spacial score (nSPS) is 32.1. The molecule has 3 nitrogen and oxygen atoms in total. The highest BCUT2D eigenvalue weighted by Gasteiger charge is 2.51. The molecular formula is C16H22O3. The SMILES string of the molecule is Cc1cc(=O)c2c(o1)OC1(C)CCCC(C)(C)C1C2. The topological polar surface area (TPSA) is 39.4 Å². The predicted octanol–water partition coefficient (Wildman–Crippen LogP) is 3.47. The number of hydrogen-bond acceptors (Lipinski definition) is 3. The first kappa shape index (κ1) is 12.8. The lowest BCUT2D eigenvalue weighted by Crippen LogP contribution is -2.54. The molecular weight excluding hydrogens is 240 g/mol. The molecule has 0 radical (unpaired) electrons. The van der Waals surface area contributed by atoms with E-state index in [0.29, 0.717) is 17.6 Å². The van der Waals surface area contributed by atoms with Gasteiger partial charge in [-0.05, 0) is 44.9 Å². The molecule has 2 unspecified atom stereocenters. The van der Waals surface area contributed by atoms with Crippen molar-refractivity contribution in [3.8, 4) is 5.95 Å². The summed E-state index contributed by atoms with van der Waals surface area (Å²) in [6.45, 7) is 8.55. The maximum Gasteiger partial charge on any atom is 0.292 e. The van der Waals surface area contributed by atoms with Gasteiger partial charge in [0, 0.05) is 12.0 Å². The van der Waals surface area contributed by atoms with Crippen molar-refractivity contribution < 1.29 is 9.15 Å². The summed E-state index contributed by atoms with van der Waals surface area (Å²) in [7, 11) is 0. The molecule has 1 aliphatic heterocycles. The van der Waals surface area contributed by atoms with Crippen molar-refractivity contribution in [2.45, 2.75) is 59.0 Å². The van der Waals surface area contributed by atoms with Gasteiger partial charge < -0.3 is 9.15 Å². The van der Waals surface area contributed by atoms with Crippen molar-refractivity contribution in [1.82, 2.24) is 0 Å². The number of ether oxygens (including phenoxy) is 1. The first-order chi connectivity index (χ1) is 8.82. The van der Waals surface area contributed by atoms with Crippen LogP contribution < -0.4 is 10.2 Å². The van der Waals surface area contributed by atoms with Crippen molar-refractivity contribution in [1.29, 1.82) is 0 Å². The highest BCUT2D eigenvalue weighted by Crippen LogP contribution is 2.52. The number of hydrogen-bond donors (Lipinski definition) is 0. The van der Waals surface area contributed by atoms with Gasteiger partial charge in [0.15, 0.2) is 5.43 Å². The van der Waals surface area contributed by atoms with Crippen LogP contribution >= 0.6 is 0 Å². The van der Waals surface area contributed by atoms with Crippen molar-refractivity contribution in [3.63, 3.8) is 0 Å². The van der Waals surface area contributed by atoms with Gasteiger partial charge in [0.1, 0.15) is 11.4 Å². The van der Waals surface area contributed by atoms with Gasteiger partial charge >= 0.3 is 0 Å². The quantitative estimate of drug-likeness (QED) is 0.718. The molecule has 0 amide bonds. The molecule has 1 fully saturated rings. The van der Waals surface area contributed by atoms with Crippen molar-refractivity contribution in [2.75, 3.05) is 0 Å². The van der Waals surface area contributed by atoms with Crippen LogP contribution in [0.25, 0.3) is 0 Å². The molecule has 3 rings (SSSR count). The summed E-state index contributed by atoms with van der Waals surface area (Å²) in [6, 6.07) is 1.57. The standard InChI is InChI=1S/C16H22O3/c1-10-8-12(17)11-9-13-15(2,3)6-5-7-16(13,4)19-14(11)18-10/h8,13H,5-7,9H2,1-4H3. The third kappa shape index (κ3) is 1.90. The Morgan fingerprint density at radius 2 is 2.00 bits per heavy atom. The van der Waals surface area contributed by atoms with Gasteiger partial charge in [-0.25, -0.2) is 0 Å². The fraction of sp³-hybridized carbons (Fsp3) is 0.688. The van der Waals surface area contributed by atoms with Crippen molar-refractivity contribution in [2.24, 2.45) is 11.3 Å². The molecule has 1 saturated carbocycles. The van der Waals surface area contributed by atoms with E-state index in [2.05, 4.69) is 20.8 Å². The minimum absolute atomic E-state index is 0.0576. The second-order valence-electron chi connectivity index (χ2n) is 7.00. The molecule has 2 heterocycles. The van der Waals surface area contributed by atoms with E-state index in [1.165, 1.54) is 12.8 Å². The summed E-state index contributed by atoms with van der Waals surface area (Å²) in [6.07, 6.45) is 4.19. The smallest absolute Gasteiger partial charge is 0.292 e. The van der Waals surface area contributed by atoms with Gasteiger partial charge in [-0.3, -0.25) is 4.79 Å². The minimum Gasteiger partial charge on any atom is -0.458 e. The molecule has 1 aromatic rings. The summed E-state index contributed by atoms with van der Waals surface area (Å²) < 4.78 is 11.8. The van der Waals surface area contributed by atoms with Crippen LogP contribution in [0.5, 0.6) is 5.95 Å². The lowest BCUT2D eigenvalue weighted by atomic mass is 9.59. The van der Waals surface area contributed by atoms with Gasteiger partial charge in [0.05, 0.1) is 5.56 Å². The molecule has 104 valence electrons. The predicted molar refractivity (Wildman–Crippen MR) is 73.6 cm³/mol. The van der Waals surface area contributed by atoms with Crippen molar-refractivity contribution in [3.05, 3.63) is 27.6 Å². The van der Waals surface area contributed by atoms with E-state index >= 15 is 0 Å². The first-order valence-electron chi connectivity index (χ1n) is 7.14. The summed E-state index contributed by atoms with van der Waals surface area (Å²) in [5.41, 5.74) is 0.797. The molecule has 1 aromatic heterocycles. The highest BCUT2D eigenvalue weighted by molar-refractivity contribution is 5.30. The fourth-order valence-corrected chi connectivity index (χ4v) is 3.98. The van der Waals surface area contributed by atoms with Gasteiger partial charge in [-0.2, -0.15) is 0 Å². The van der Waals surface area contributed by atoms with Crippen LogP contribution in [0.1, 0.15) is 51.4 Å². The van der Waals surface area contributed by atoms with Crippen LogP contribution in [0.3, 0.4) is 0 Å². The van der Waals surface area contributed by atoms with Crippen LogP contribution in [0.4, 0.5) is 0 Å². The number of rotatable bonds is 0. The Hall–Kier alpha value is -1.25. The lowest BCUT2D eigenvalue weighted by molar-refractivity contribution is -0.0955. The van der Waals surface area contributed by atoms with Crippen LogP contribution in [-0.4, -0.2) is 5.60 Å². The second-order valence-corrected chi connectivity index (χ2v) is 7.00. The maximum atomic E-state index is 12.1. The van der Waals surface area contributed by atoms with E-state index in [1.54, 1.807) is 13.0 Å². The molecule has 2 aliphatic rings. The largest absolute Gasteiger partial charge is 0.458 e. The molecule has 0 spiro atoms. The van der Waals surface area contributed by atoms with Crippen molar-refractivity contribution >= 4 is 0 Å². The molecule has 0 aromatic carbocycles. The number of fused-ring (bicyclic) bond motifs is 2. The Balaban J connectivity index is 2.11. The molecule has 0 bridgehead atoms. The Bertz CT molecular complexity index is 570. The molecule has 3 heteroatoms. The molecule has 1 aliphatic carbocycles. The molecule has 2 atom stereocenters. The Kier molecular flexibility index (Phi) is 2.60. The van der Waals surface area contributed by atoms with Crippen LogP contribution in [0.15, 0.2) is 15.3 Å². The summed E-state index contributed by atoms with van der Waals surface area (Å²) in [4.78, 5) is 12.1. The van der Waals surface area contributed by atoms with Crippen LogP contribution in [-0.2, 0) is 6.42 Å². The number of aryl methyl sites for hydroxylation is 1. The zero-order valence-corrected chi connectivity index (χ0v) is 12.2. The van der Waals surface area contributed by atoms with E-state index in [-0.39, 0.29) is 16.4 Å². The lowest BCUT2D eigenvalue weighted by Gasteiger charge is -2.52. The monoisotopic (exact) mass is 262 g/mol. The Labute approximate surface area is 114 Å². The molecule has 0 saturated heterocycles. The second kappa shape index (κ2) is 3.87. The fourth-order valence-electron chi connectivity index (χ4n) is 3.98. The van der Waals surface area contributed by atoms with Crippen LogP contribution in [0, 0.1) is 18.3 Å². The third-order valence-electron chi connectivity index (χ3n) is 5.04. The zero-order valence-electron chi connectivity index (χ0n) is 12.2. The minimum atomic E-state index is -0.196. The molecule has 19 heavy (non-hydrogen) atoms. The van der Waals surface area contributed by atoms with E-state index in [1.807, 2.05) is 0 Å². The van der Waals surface area contributed by atoms with Gasteiger partial charge in [-0.15, -0.1) is 0 Å². The third-order valence-corrected chi connectivity index (χ3v) is 5.04.